The van der Waals surface area contributed by atoms with Crippen molar-refractivity contribution in [3.63, 3.8) is 0 Å². The Bertz CT molecular complexity index is 231. The summed E-state index contributed by atoms with van der Waals surface area (Å²) in [5.74, 6) is 0. The number of aromatic nitrogens is 2. The lowest BCUT2D eigenvalue weighted by Gasteiger charge is -1.87. The van der Waals surface area contributed by atoms with Crippen LogP contribution in [0.4, 0.5) is 0 Å². The molecule has 47 valence electrons. The van der Waals surface area contributed by atoms with Gasteiger partial charge in [-0.25, -0.2) is 0 Å². The van der Waals surface area contributed by atoms with Crippen LogP contribution >= 0.6 is 11.6 Å². The maximum absolute atomic E-state index is 9.98. The molecule has 0 aliphatic carbocycles. The van der Waals surface area contributed by atoms with Gasteiger partial charge in [0.2, 0.25) is 6.29 Å². The van der Waals surface area contributed by atoms with Crippen LogP contribution in [-0.2, 0) is 11.8 Å². The third-order valence-electron chi connectivity index (χ3n) is 0.976. The van der Waals surface area contributed by atoms with Gasteiger partial charge < -0.3 is 0 Å². The van der Waals surface area contributed by atoms with Crippen LogP contribution in [0.1, 0.15) is 5.56 Å². The van der Waals surface area contributed by atoms with Crippen LogP contribution in [0.2, 0.25) is 5.15 Å². The molecule has 0 fully saturated rings. The summed E-state index contributed by atoms with van der Waals surface area (Å²) in [6.45, 7) is 0. The Kier molecular flexibility index (Phi) is 1.53. The Balaban J connectivity index is 3.18. The average Bonchev–Trinajstić information content (AvgIpc) is 2.15. The fourth-order valence-corrected chi connectivity index (χ4v) is 0.622. The summed E-state index contributed by atoms with van der Waals surface area (Å²) in [6, 6.07) is 0. The van der Waals surface area contributed by atoms with Crippen molar-refractivity contribution in [3.05, 3.63) is 16.9 Å². The molecule has 1 aromatic rings. The van der Waals surface area contributed by atoms with Crippen molar-refractivity contribution in [1.82, 2.24) is 9.78 Å². The first-order valence-electron chi connectivity index (χ1n) is 2.31. The van der Waals surface area contributed by atoms with Crippen molar-refractivity contribution >= 4 is 17.9 Å². The van der Waals surface area contributed by atoms with E-state index in [1.165, 1.54) is 10.9 Å². The van der Waals surface area contributed by atoms with Crippen LogP contribution in [0.25, 0.3) is 0 Å². The number of halogens is 1. The Labute approximate surface area is 57.2 Å². The van der Waals surface area contributed by atoms with Crippen molar-refractivity contribution in [1.29, 1.82) is 0 Å². The third kappa shape index (κ3) is 0.954. The standard InChI is InChI=1S/C5H4ClN2O/c1-8-5(6)4(3-9)2-7-8/h2H,1H3. The number of nitrogens with zero attached hydrogens (tertiary/aromatic N) is 2. The summed E-state index contributed by atoms with van der Waals surface area (Å²) in [7, 11) is 1.66. The summed E-state index contributed by atoms with van der Waals surface area (Å²) in [5, 5.41) is 4.03. The molecule has 3 nitrogen and oxygen atoms in total. The van der Waals surface area contributed by atoms with Gasteiger partial charge in [-0.2, -0.15) is 5.10 Å². The third-order valence-corrected chi connectivity index (χ3v) is 1.42. The molecule has 9 heavy (non-hydrogen) atoms. The van der Waals surface area contributed by atoms with Gasteiger partial charge in [0.15, 0.2) is 0 Å². The summed E-state index contributed by atoms with van der Waals surface area (Å²) < 4.78 is 1.40. The monoisotopic (exact) mass is 143 g/mol. The van der Waals surface area contributed by atoms with E-state index < -0.39 is 0 Å². The first kappa shape index (κ1) is 6.29. The molecule has 0 aliphatic rings. The van der Waals surface area contributed by atoms with Crippen LogP contribution in [-0.4, -0.2) is 16.1 Å². The van der Waals surface area contributed by atoms with E-state index >= 15 is 0 Å². The number of aryl methyl sites for hydroxylation is 1. The maximum Gasteiger partial charge on any atom is 0.238 e. The minimum atomic E-state index is 0.305. The SMILES string of the molecule is Cn1ncc([C]=O)c1Cl. The summed E-state index contributed by atoms with van der Waals surface area (Å²) in [4.78, 5) is 9.98. The van der Waals surface area contributed by atoms with E-state index in [9.17, 15) is 4.79 Å². The molecule has 0 atom stereocenters. The van der Waals surface area contributed by atoms with Gasteiger partial charge in [-0.3, -0.25) is 9.48 Å². The fraction of sp³-hybridized carbons (Fsp3) is 0.200. The molecule has 0 aliphatic heterocycles. The topological polar surface area (TPSA) is 34.9 Å². The van der Waals surface area contributed by atoms with E-state index in [0.29, 0.717) is 10.7 Å². The van der Waals surface area contributed by atoms with E-state index in [1.54, 1.807) is 13.3 Å². The van der Waals surface area contributed by atoms with Gasteiger partial charge in [-0.1, -0.05) is 11.6 Å². The van der Waals surface area contributed by atoms with E-state index in [1.807, 2.05) is 0 Å². The van der Waals surface area contributed by atoms with Gasteiger partial charge in [0.05, 0.1) is 11.8 Å². The van der Waals surface area contributed by atoms with E-state index in [2.05, 4.69) is 5.10 Å². The molecule has 1 heterocycles. The molecule has 0 bridgehead atoms. The van der Waals surface area contributed by atoms with Crippen LogP contribution < -0.4 is 0 Å². The van der Waals surface area contributed by atoms with Crippen LogP contribution in [0.3, 0.4) is 0 Å². The Morgan fingerprint density at radius 2 is 2.56 bits per heavy atom. The van der Waals surface area contributed by atoms with Crippen molar-refractivity contribution in [2.45, 2.75) is 0 Å². The first-order valence-corrected chi connectivity index (χ1v) is 2.69. The predicted molar refractivity (Wildman–Crippen MR) is 33.0 cm³/mol. The second-order valence-corrected chi connectivity index (χ2v) is 1.93. The zero-order valence-corrected chi connectivity index (χ0v) is 5.51. The highest BCUT2D eigenvalue weighted by Crippen LogP contribution is 2.09. The molecule has 1 aromatic heterocycles. The maximum atomic E-state index is 9.98. The summed E-state index contributed by atoms with van der Waals surface area (Å²) >= 11 is 5.55. The molecule has 1 radical (unpaired) electrons. The van der Waals surface area contributed by atoms with E-state index in [-0.39, 0.29) is 0 Å². The molecule has 0 aromatic carbocycles. The van der Waals surface area contributed by atoms with Gasteiger partial charge >= 0.3 is 0 Å². The zero-order valence-electron chi connectivity index (χ0n) is 4.76. The normalized spacial score (nSPS) is 9.56. The van der Waals surface area contributed by atoms with Crippen molar-refractivity contribution < 1.29 is 4.79 Å². The van der Waals surface area contributed by atoms with Crippen LogP contribution in [0.15, 0.2) is 6.20 Å². The molecule has 0 spiro atoms. The van der Waals surface area contributed by atoms with E-state index in [0.717, 1.165) is 0 Å². The molecule has 0 unspecified atom stereocenters. The lowest BCUT2D eigenvalue weighted by molar-refractivity contribution is 0.562. The zero-order chi connectivity index (χ0) is 6.85. The van der Waals surface area contributed by atoms with Crippen molar-refractivity contribution in [2.75, 3.05) is 0 Å². The van der Waals surface area contributed by atoms with Gasteiger partial charge in [-0.05, 0) is 0 Å². The first-order chi connectivity index (χ1) is 4.25. The smallest absolute Gasteiger partial charge is 0.238 e. The van der Waals surface area contributed by atoms with Crippen molar-refractivity contribution in [3.8, 4) is 0 Å². The second kappa shape index (κ2) is 2.19. The van der Waals surface area contributed by atoms with Crippen LogP contribution in [0, 0.1) is 0 Å². The van der Waals surface area contributed by atoms with Gasteiger partial charge in [0.25, 0.3) is 0 Å². The molecule has 0 amide bonds. The highest BCUT2D eigenvalue weighted by molar-refractivity contribution is 6.31. The molecule has 4 heteroatoms. The Morgan fingerprint density at radius 1 is 1.89 bits per heavy atom. The lowest BCUT2D eigenvalue weighted by Crippen LogP contribution is -1.88. The largest absolute Gasteiger partial charge is 0.285 e. The Hall–Kier alpha value is -0.830. The predicted octanol–water partition coefficient (Wildman–Crippen LogP) is 0.531. The molecular weight excluding hydrogens is 140 g/mol. The highest BCUT2D eigenvalue weighted by Gasteiger charge is 2.02. The minimum Gasteiger partial charge on any atom is -0.285 e. The number of hydrogen-bond acceptors (Lipinski definition) is 2. The quantitative estimate of drug-likeness (QED) is 0.575. The lowest BCUT2D eigenvalue weighted by atomic mass is 10.4. The molecule has 0 N–H and O–H groups in total. The number of carbonyl (C=O) groups excluding carboxylic acids is 1. The molecule has 0 saturated heterocycles. The van der Waals surface area contributed by atoms with E-state index in [4.69, 9.17) is 11.6 Å². The van der Waals surface area contributed by atoms with Crippen LogP contribution in [0.5, 0.6) is 0 Å². The van der Waals surface area contributed by atoms with Gasteiger partial charge in [-0.15, -0.1) is 0 Å². The average molecular weight is 144 g/mol. The molecule has 0 saturated carbocycles. The van der Waals surface area contributed by atoms with Gasteiger partial charge in [0, 0.05) is 7.05 Å². The number of hydrogen-bond donors (Lipinski definition) is 0. The number of rotatable bonds is 1. The minimum absolute atomic E-state index is 0.305. The summed E-state index contributed by atoms with van der Waals surface area (Å²) in [5.41, 5.74) is 0.305. The molecular formula is C5H4ClN2O. The van der Waals surface area contributed by atoms with Gasteiger partial charge in [0.1, 0.15) is 5.15 Å². The summed E-state index contributed by atoms with van der Waals surface area (Å²) in [6.07, 6.45) is 3.02. The second-order valence-electron chi connectivity index (χ2n) is 1.57. The fourth-order valence-electron chi connectivity index (χ4n) is 0.491. The Morgan fingerprint density at radius 3 is 2.78 bits per heavy atom. The highest BCUT2D eigenvalue weighted by atomic mass is 35.5. The van der Waals surface area contributed by atoms with Crippen molar-refractivity contribution in [2.24, 2.45) is 7.05 Å². The molecule has 1 rings (SSSR count).